The number of primary amides is 1. The minimum absolute atomic E-state index is 0.103. The van der Waals surface area contributed by atoms with Gasteiger partial charge in [-0.25, -0.2) is 4.98 Å². The van der Waals surface area contributed by atoms with Crippen molar-refractivity contribution >= 4 is 22.8 Å². The number of nitrogens with one attached hydrogen (secondary N) is 2. The second kappa shape index (κ2) is 5.53. The molecule has 1 amide bonds. The lowest BCUT2D eigenvalue weighted by Crippen LogP contribution is -2.15. The zero-order chi connectivity index (χ0) is 18.5. The first-order valence-electron chi connectivity index (χ1n) is 8.32. The highest BCUT2D eigenvalue weighted by Crippen LogP contribution is 2.43. The molecule has 8 nitrogen and oxygen atoms in total. The Kier molecular flexibility index (Phi) is 3.14. The van der Waals surface area contributed by atoms with Crippen LogP contribution in [0, 0.1) is 0 Å². The first-order valence-corrected chi connectivity index (χ1v) is 8.32. The maximum atomic E-state index is 12.0. The minimum Gasteiger partial charge on any atom is -0.508 e. The van der Waals surface area contributed by atoms with Crippen molar-refractivity contribution in [2.45, 2.75) is 6.04 Å². The van der Waals surface area contributed by atoms with Crippen LogP contribution in [0.4, 0.5) is 5.82 Å². The molecule has 3 aromatic heterocycles. The van der Waals surface area contributed by atoms with Crippen molar-refractivity contribution in [2.75, 3.05) is 5.32 Å². The average molecular weight is 358 g/mol. The third-order valence-electron chi connectivity index (χ3n) is 4.76. The number of aromatic nitrogens is 4. The number of amides is 1. The van der Waals surface area contributed by atoms with Crippen molar-refractivity contribution in [3.05, 3.63) is 65.6 Å². The monoisotopic (exact) mass is 358 g/mol. The Hall–Kier alpha value is -3.94. The summed E-state index contributed by atoms with van der Waals surface area (Å²) in [5.74, 6) is 0.153. The van der Waals surface area contributed by atoms with Crippen LogP contribution in [0.25, 0.3) is 22.2 Å². The standard InChI is InChI=1S/C19H14N6O2/c20-17(27)16-13-11-2-1-7-21-18(11)23-15(9-3-5-10(26)6-4-9)12-8-22-19(14(12)13)25-24-16/h1-8,15,26H,(H2,20,27)(H,21,23)(H,22,25). The molecule has 27 heavy (non-hydrogen) atoms. The lowest BCUT2D eigenvalue weighted by molar-refractivity contribution is 0.0995. The van der Waals surface area contributed by atoms with E-state index in [4.69, 9.17) is 5.73 Å². The molecule has 1 atom stereocenters. The molecule has 4 aromatic rings. The van der Waals surface area contributed by atoms with E-state index in [0.29, 0.717) is 17.0 Å². The molecular formula is C19H14N6O2. The van der Waals surface area contributed by atoms with Gasteiger partial charge in [-0.2, -0.15) is 0 Å². The van der Waals surface area contributed by atoms with E-state index in [9.17, 15) is 9.90 Å². The van der Waals surface area contributed by atoms with Crippen LogP contribution in [-0.2, 0) is 0 Å². The van der Waals surface area contributed by atoms with Crippen molar-refractivity contribution in [1.82, 2.24) is 20.2 Å². The molecule has 5 N–H and O–H groups in total. The summed E-state index contributed by atoms with van der Waals surface area (Å²) < 4.78 is 0. The molecule has 0 fully saturated rings. The number of aromatic hydroxyl groups is 1. The van der Waals surface area contributed by atoms with Crippen molar-refractivity contribution in [1.29, 1.82) is 0 Å². The molecule has 1 aliphatic heterocycles. The van der Waals surface area contributed by atoms with Crippen LogP contribution in [0.5, 0.6) is 5.75 Å². The van der Waals surface area contributed by atoms with Crippen molar-refractivity contribution < 1.29 is 9.90 Å². The van der Waals surface area contributed by atoms with E-state index in [1.165, 1.54) is 0 Å². The number of phenols is 1. The highest BCUT2D eigenvalue weighted by atomic mass is 16.3. The highest BCUT2D eigenvalue weighted by molar-refractivity contribution is 6.09. The fraction of sp³-hybridized carbons (Fsp3) is 0.0526. The molecular weight excluding hydrogens is 344 g/mol. The maximum Gasteiger partial charge on any atom is 0.269 e. The summed E-state index contributed by atoms with van der Waals surface area (Å²) in [4.78, 5) is 19.6. The van der Waals surface area contributed by atoms with Crippen molar-refractivity contribution in [2.24, 2.45) is 5.73 Å². The van der Waals surface area contributed by atoms with Crippen LogP contribution in [-0.4, -0.2) is 31.2 Å². The van der Waals surface area contributed by atoms with Gasteiger partial charge in [-0.15, -0.1) is 10.2 Å². The van der Waals surface area contributed by atoms with Gasteiger partial charge in [0.1, 0.15) is 11.6 Å². The molecule has 1 aliphatic rings. The second-order valence-corrected chi connectivity index (χ2v) is 6.32. The zero-order valence-corrected chi connectivity index (χ0v) is 14.0. The number of nitrogens with two attached hydrogens (primary N) is 1. The number of benzene rings is 1. The van der Waals surface area contributed by atoms with Gasteiger partial charge in [0.05, 0.1) is 6.04 Å². The average Bonchev–Trinajstić information content (AvgIpc) is 3.04. The van der Waals surface area contributed by atoms with Crippen LogP contribution < -0.4 is 11.1 Å². The third-order valence-corrected chi connectivity index (χ3v) is 4.76. The first kappa shape index (κ1) is 15.3. The van der Waals surface area contributed by atoms with Crippen LogP contribution in [0.1, 0.15) is 27.7 Å². The second-order valence-electron chi connectivity index (χ2n) is 6.32. The van der Waals surface area contributed by atoms with Crippen LogP contribution in [0.15, 0.2) is 48.8 Å². The molecule has 1 unspecified atom stereocenters. The minimum atomic E-state index is -0.649. The van der Waals surface area contributed by atoms with E-state index >= 15 is 0 Å². The Balaban J connectivity index is 1.88. The van der Waals surface area contributed by atoms with Gasteiger partial charge in [-0.1, -0.05) is 12.1 Å². The smallest absolute Gasteiger partial charge is 0.269 e. The molecule has 5 rings (SSSR count). The number of pyridine rings is 1. The number of H-pyrrole nitrogens is 1. The summed E-state index contributed by atoms with van der Waals surface area (Å²) in [6.07, 6.45) is 3.52. The predicted molar refractivity (Wildman–Crippen MR) is 99.2 cm³/mol. The molecule has 4 heterocycles. The fourth-order valence-corrected chi connectivity index (χ4v) is 3.57. The van der Waals surface area contributed by atoms with Crippen molar-refractivity contribution in [3.8, 4) is 16.9 Å². The molecule has 0 radical (unpaired) electrons. The molecule has 1 aromatic carbocycles. The predicted octanol–water partition coefficient (Wildman–Crippen LogP) is 2.34. The molecule has 0 aliphatic carbocycles. The van der Waals surface area contributed by atoms with Gasteiger partial charge in [-0.3, -0.25) is 4.79 Å². The van der Waals surface area contributed by atoms with E-state index in [1.807, 2.05) is 24.4 Å². The number of hydrogen-bond donors (Lipinski definition) is 4. The Labute approximate surface area is 153 Å². The number of nitrogens with zero attached hydrogens (tertiary/aromatic N) is 3. The normalized spacial score (nSPS) is 15.0. The van der Waals surface area contributed by atoms with E-state index in [0.717, 1.165) is 22.1 Å². The Morgan fingerprint density at radius 2 is 1.96 bits per heavy atom. The fourth-order valence-electron chi connectivity index (χ4n) is 3.57. The summed E-state index contributed by atoms with van der Waals surface area (Å²) in [6, 6.07) is 10.3. The summed E-state index contributed by atoms with van der Waals surface area (Å²) in [7, 11) is 0. The molecule has 0 bridgehead atoms. The van der Waals surface area contributed by atoms with Gasteiger partial charge in [0, 0.05) is 34.5 Å². The number of carbonyl (C=O) groups is 1. The van der Waals surface area contributed by atoms with Crippen molar-refractivity contribution in [3.63, 3.8) is 0 Å². The molecule has 0 spiro atoms. The number of hydrogen-bond acceptors (Lipinski definition) is 6. The quantitative estimate of drug-likeness (QED) is 0.435. The maximum absolute atomic E-state index is 12.0. The molecule has 0 saturated carbocycles. The zero-order valence-electron chi connectivity index (χ0n) is 14.0. The molecule has 132 valence electrons. The number of anilines is 1. The van der Waals surface area contributed by atoms with Gasteiger partial charge in [0.25, 0.3) is 5.91 Å². The number of fused-ring (bicyclic) bond motifs is 2. The number of phenolic OH excluding ortho intramolecular Hbond substituents is 1. The third kappa shape index (κ3) is 2.23. The van der Waals surface area contributed by atoms with Gasteiger partial charge < -0.3 is 21.1 Å². The number of aromatic amines is 1. The SMILES string of the molecule is NC(=O)c1nnc2[nH]cc3c2c1-c1cccnc1NC3c1ccc(O)cc1. The lowest BCUT2D eigenvalue weighted by atomic mass is 9.96. The topological polar surface area (TPSA) is 130 Å². The van der Waals surface area contributed by atoms with Crippen LogP contribution in [0.2, 0.25) is 0 Å². The number of rotatable bonds is 2. The molecule has 0 saturated heterocycles. The Morgan fingerprint density at radius 1 is 1.15 bits per heavy atom. The van der Waals surface area contributed by atoms with E-state index in [2.05, 4.69) is 25.5 Å². The summed E-state index contributed by atoms with van der Waals surface area (Å²) >= 11 is 0. The lowest BCUT2D eigenvalue weighted by Gasteiger charge is -2.18. The number of carbonyl (C=O) groups excluding carboxylic acids is 1. The molecule has 8 heteroatoms. The highest BCUT2D eigenvalue weighted by Gasteiger charge is 2.30. The van der Waals surface area contributed by atoms with Crippen LogP contribution in [0.3, 0.4) is 0 Å². The van der Waals surface area contributed by atoms with Gasteiger partial charge in [0.15, 0.2) is 11.3 Å². The summed E-state index contributed by atoms with van der Waals surface area (Å²) in [5, 5.41) is 22.0. The van der Waals surface area contributed by atoms with Crippen LogP contribution >= 0.6 is 0 Å². The Bertz CT molecular complexity index is 1200. The van der Waals surface area contributed by atoms with E-state index < -0.39 is 5.91 Å². The van der Waals surface area contributed by atoms with Gasteiger partial charge in [-0.05, 0) is 29.8 Å². The Morgan fingerprint density at radius 3 is 2.74 bits per heavy atom. The summed E-state index contributed by atoms with van der Waals surface area (Å²) in [5.41, 5.74) is 9.40. The van der Waals surface area contributed by atoms with E-state index in [1.54, 1.807) is 24.4 Å². The van der Waals surface area contributed by atoms with Gasteiger partial charge in [0.2, 0.25) is 0 Å². The van der Waals surface area contributed by atoms with Gasteiger partial charge >= 0.3 is 0 Å². The summed E-state index contributed by atoms with van der Waals surface area (Å²) in [6.45, 7) is 0. The van der Waals surface area contributed by atoms with E-state index in [-0.39, 0.29) is 17.5 Å². The first-order chi connectivity index (χ1) is 13.1. The largest absolute Gasteiger partial charge is 0.508 e.